The van der Waals surface area contributed by atoms with E-state index in [-0.39, 0.29) is 0 Å². The molecule has 2 aromatic rings. The van der Waals surface area contributed by atoms with Crippen molar-refractivity contribution < 1.29 is 4.42 Å². The molecule has 0 bridgehead atoms. The molecule has 1 nitrogen and oxygen atoms in total. The van der Waals surface area contributed by atoms with Crippen LogP contribution in [0.4, 0.5) is 0 Å². The maximum Gasteiger partial charge on any atom is 0.329 e. The Labute approximate surface area is 103 Å². The normalized spacial score (nSPS) is 10.5. The zero-order valence-corrected chi connectivity index (χ0v) is 10.8. The van der Waals surface area contributed by atoms with Crippen molar-refractivity contribution in [3.05, 3.63) is 53.5 Å². The average molecular weight is 227 g/mol. The highest BCUT2D eigenvalue weighted by Gasteiger charge is 2.13. The number of hydrogen-bond donors (Lipinski definition) is 0. The Bertz CT molecular complexity index is 475. The summed E-state index contributed by atoms with van der Waals surface area (Å²) in [5.74, 6) is 2.11. The van der Waals surface area contributed by atoms with Crippen molar-refractivity contribution >= 4 is 0 Å². The first-order chi connectivity index (χ1) is 8.22. The van der Waals surface area contributed by atoms with Crippen LogP contribution in [0.15, 0.2) is 40.8 Å². The molecule has 0 spiro atoms. The summed E-state index contributed by atoms with van der Waals surface area (Å²) in [5.41, 5.74) is 3.81. The van der Waals surface area contributed by atoms with Crippen molar-refractivity contribution in [3.8, 4) is 11.1 Å². The molecule has 88 valence electrons. The SMILES string of the molecule is CCc1cc(-c2ccc(C)cc2)cc(CC)[o+]1. The first-order valence-corrected chi connectivity index (χ1v) is 6.26. The summed E-state index contributed by atoms with van der Waals surface area (Å²) in [5, 5.41) is 0. The van der Waals surface area contributed by atoms with E-state index in [1.54, 1.807) is 0 Å². The van der Waals surface area contributed by atoms with Crippen molar-refractivity contribution in [2.75, 3.05) is 0 Å². The fourth-order valence-electron chi connectivity index (χ4n) is 1.88. The molecule has 2 rings (SSSR count). The van der Waals surface area contributed by atoms with E-state index in [1.807, 2.05) is 0 Å². The van der Waals surface area contributed by atoms with Gasteiger partial charge in [0.05, 0.1) is 12.8 Å². The lowest BCUT2D eigenvalue weighted by Crippen LogP contribution is -1.89. The third-order valence-corrected chi connectivity index (χ3v) is 2.98. The van der Waals surface area contributed by atoms with E-state index < -0.39 is 0 Å². The minimum atomic E-state index is 0.937. The Balaban J connectivity index is 2.46. The summed E-state index contributed by atoms with van der Waals surface area (Å²) in [6, 6.07) is 12.9. The molecule has 0 saturated heterocycles. The maximum atomic E-state index is 5.76. The lowest BCUT2D eigenvalue weighted by atomic mass is 10.0. The van der Waals surface area contributed by atoms with Gasteiger partial charge in [0.1, 0.15) is 0 Å². The standard InChI is InChI=1S/C16H19O/c1-4-15-10-14(11-16(5-2)17-15)13-8-6-12(3)7-9-13/h6-11H,4-5H2,1-3H3/q+1. The maximum absolute atomic E-state index is 5.76. The fourth-order valence-corrected chi connectivity index (χ4v) is 1.88. The molecule has 0 aliphatic heterocycles. The lowest BCUT2D eigenvalue weighted by molar-refractivity contribution is 0.456. The molecule has 0 aliphatic carbocycles. The van der Waals surface area contributed by atoms with E-state index >= 15 is 0 Å². The Kier molecular flexibility index (Phi) is 3.58. The zero-order valence-electron chi connectivity index (χ0n) is 10.8. The van der Waals surface area contributed by atoms with Crippen LogP contribution in [0.1, 0.15) is 30.9 Å². The van der Waals surface area contributed by atoms with Crippen LogP contribution in [0.2, 0.25) is 0 Å². The highest BCUT2D eigenvalue weighted by Crippen LogP contribution is 2.23. The Morgan fingerprint density at radius 3 is 1.82 bits per heavy atom. The molecule has 1 aromatic carbocycles. The van der Waals surface area contributed by atoms with Gasteiger partial charge < -0.3 is 0 Å². The van der Waals surface area contributed by atoms with Crippen LogP contribution in [-0.4, -0.2) is 0 Å². The van der Waals surface area contributed by atoms with Crippen molar-refractivity contribution in [2.45, 2.75) is 33.6 Å². The van der Waals surface area contributed by atoms with E-state index in [9.17, 15) is 0 Å². The second-order valence-electron chi connectivity index (χ2n) is 4.35. The number of rotatable bonds is 3. The Morgan fingerprint density at radius 2 is 1.35 bits per heavy atom. The van der Waals surface area contributed by atoms with Crippen LogP contribution in [0.25, 0.3) is 11.1 Å². The van der Waals surface area contributed by atoms with Gasteiger partial charge in [0.25, 0.3) is 0 Å². The quantitative estimate of drug-likeness (QED) is 0.694. The van der Waals surface area contributed by atoms with Gasteiger partial charge in [-0.2, -0.15) is 0 Å². The van der Waals surface area contributed by atoms with Crippen LogP contribution in [-0.2, 0) is 12.8 Å². The third-order valence-electron chi connectivity index (χ3n) is 2.98. The average Bonchev–Trinajstić information content (AvgIpc) is 2.39. The predicted molar refractivity (Wildman–Crippen MR) is 72.0 cm³/mol. The topological polar surface area (TPSA) is 11.3 Å². The molecule has 1 heterocycles. The molecule has 0 amide bonds. The molecule has 0 atom stereocenters. The summed E-state index contributed by atoms with van der Waals surface area (Å²) < 4.78 is 5.76. The van der Waals surface area contributed by atoms with Crippen molar-refractivity contribution in [1.29, 1.82) is 0 Å². The van der Waals surface area contributed by atoms with Crippen LogP contribution >= 0.6 is 0 Å². The number of hydrogen-bond acceptors (Lipinski definition) is 0. The summed E-state index contributed by atoms with van der Waals surface area (Å²) in [6.07, 6.45) is 1.87. The second-order valence-corrected chi connectivity index (χ2v) is 4.35. The van der Waals surface area contributed by atoms with Crippen LogP contribution in [0.5, 0.6) is 0 Å². The second kappa shape index (κ2) is 5.13. The van der Waals surface area contributed by atoms with E-state index in [4.69, 9.17) is 4.42 Å². The van der Waals surface area contributed by atoms with E-state index in [0.29, 0.717) is 0 Å². The van der Waals surface area contributed by atoms with Crippen molar-refractivity contribution in [3.63, 3.8) is 0 Å². The first kappa shape index (κ1) is 11.8. The molecule has 0 radical (unpaired) electrons. The summed E-state index contributed by atoms with van der Waals surface area (Å²) in [4.78, 5) is 0. The van der Waals surface area contributed by atoms with Crippen LogP contribution in [0, 0.1) is 6.92 Å². The largest absolute Gasteiger partial charge is 0.329 e. The molecular formula is C16H19O+. The van der Waals surface area contributed by atoms with Gasteiger partial charge in [0.2, 0.25) is 0 Å². The van der Waals surface area contributed by atoms with Crippen molar-refractivity contribution in [1.82, 2.24) is 0 Å². The molecule has 0 N–H and O–H groups in total. The Morgan fingerprint density at radius 1 is 0.824 bits per heavy atom. The third kappa shape index (κ3) is 2.73. The van der Waals surface area contributed by atoms with E-state index in [2.05, 4.69) is 57.2 Å². The van der Waals surface area contributed by atoms with Gasteiger partial charge in [-0.15, -0.1) is 0 Å². The minimum Gasteiger partial charge on any atom is -0.218 e. The number of benzene rings is 1. The van der Waals surface area contributed by atoms with Gasteiger partial charge in [-0.25, -0.2) is 4.42 Å². The highest BCUT2D eigenvalue weighted by atomic mass is 16.3. The smallest absolute Gasteiger partial charge is 0.218 e. The van der Waals surface area contributed by atoms with Crippen molar-refractivity contribution in [2.24, 2.45) is 0 Å². The lowest BCUT2D eigenvalue weighted by Gasteiger charge is -2.01. The van der Waals surface area contributed by atoms with Gasteiger partial charge in [0.15, 0.2) is 0 Å². The Hall–Kier alpha value is -1.63. The molecule has 0 fully saturated rings. The highest BCUT2D eigenvalue weighted by molar-refractivity contribution is 5.64. The molecule has 1 aromatic heterocycles. The molecule has 0 aliphatic rings. The number of aryl methyl sites for hydroxylation is 3. The van der Waals surface area contributed by atoms with Gasteiger partial charge in [-0.1, -0.05) is 43.7 Å². The minimum absolute atomic E-state index is 0.937. The van der Waals surface area contributed by atoms with E-state index in [1.165, 1.54) is 16.7 Å². The molecule has 17 heavy (non-hydrogen) atoms. The summed E-state index contributed by atoms with van der Waals surface area (Å²) in [6.45, 7) is 6.35. The van der Waals surface area contributed by atoms with Gasteiger partial charge in [0, 0.05) is 12.1 Å². The molecule has 0 saturated carbocycles. The van der Waals surface area contributed by atoms with Gasteiger partial charge in [-0.3, -0.25) is 0 Å². The predicted octanol–water partition coefficient (Wildman–Crippen LogP) is 4.66. The van der Waals surface area contributed by atoms with Crippen LogP contribution < -0.4 is 0 Å². The first-order valence-electron chi connectivity index (χ1n) is 6.26. The molecular weight excluding hydrogens is 208 g/mol. The van der Waals surface area contributed by atoms with Crippen LogP contribution in [0.3, 0.4) is 0 Å². The summed E-state index contributed by atoms with van der Waals surface area (Å²) >= 11 is 0. The molecule has 1 heteroatoms. The fraction of sp³-hybridized carbons (Fsp3) is 0.312. The monoisotopic (exact) mass is 227 g/mol. The van der Waals surface area contributed by atoms with E-state index in [0.717, 1.165) is 24.4 Å². The zero-order chi connectivity index (χ0) is 12.3. The summed E-state index contributed by atoms with van der Waals surface area (Å²) in [7, 11) is 0. The van der Waals surface area contributed by atoms with Gasteiger partial charge in [-0.05, 0) is 18.1 Å². The molecule has 0 unspecified atom stereocenters. The van der Waals surface area contributed by atoms with Gasteiger partial charge >= 0.3 is 11.5 Å².